The number of hydrogen-bond acceptors (Lipinski definition) is 1. The van der Waals surface area contributed by atoms with E-state index in [0.717, 1.165) is 6.42 Å². The van der Waals surface area contributed by atoms with Crippen molar-refractivity contribution in [3.63, 3.8) is 0 Å². The Morgan fingerprint density at radius 2 is 2.07 bits per heavy atom. The van der Waals surface area contributed by atoms with E-state index in [-0.39, 0.29) is 11.8 Å². The molecule has 0 fully saturated rings. The van der Waals surface area contributed by atoms with Gasteiger partial charge >= 0.3 is 0 Å². The van der Waals surface area contributed by atoms with Crippen molar-refractivity contribution in [2.75, 3.05) is 0 Å². The van der Waals surface area contributed by atoms with E-state index in [2.05, 4.69) is 32.0 Å². The highest BCUT2D eigenvalue weighted by atomic mass is 16.1. The number of primary amides is 1. The Labute approximate surface area is 85.1 Å². The highest BCUT2D eigenvalue weighted by molar-refractivity contribution is 5.76. The highest BCUT2D eigenvalue weighted by Crippen LogP contribution is 2.14. The van der Waals surface area contributed by atoms with E-state index < -0.39 is 0 Å². The SMILES string of the molecule is Cc1ccc(CC(C)C(N)=O)c(C)c1. The minimum atomic E-state index is -0.232. The number of hydrogen-bond donors (Lipinski definition) is 1. The summed E-state index contributed by atoms with van der Waals surface area (Å²) in [5, 5.41) is 0. The number of carbonyl (C=O) groups is 1. The highest BCUT2D eigenvalue weighted by Gasteiger charge is 2.10. The molecule has 2 heteroatoms. The number of rotatable bonds is 3. The first-order valence-electron chi connectivity index (χ1n) is 4.86. The number of aryl methyl sites for hydroxylation is 2. The Bertz CT molecular complexity index is 344. The summed E-state index contributed by atoms with van der Waals surface area (Å²) in [4.78, 5) is 10.9. The van der Waals surface area contributed by atoms with Crippen LogP contribution in [0.15, 0.2) is 18.2 Å². The quantitative estimate of drug-likeness (QED) is 0.779. The van der Waals surface area contributed by atoms with Gasteiger partial charge in [-0.05, 0) is 31.4 Å². The van der Waals surface area contributed by atoms with Crippen molar-refractivity contribution in [1.29, 1.82) is 0 Å². The van der Waals surface area contributed by atoms with Crippen LogP contribution in [-0.2, 0) is 11.2 Å². The number of nitrogens with two attached hydrogens (primary N) is 1. The zero-order valence-electron chi connectivity index (χ0n) is 9.00. The third-order valence-electron chi connectivity index (χ3n) is 2.51. The van der Waals surface area contributed by atoms with E-state index in [0.29, 0.717) is 0 Å². The second kappa shape index (κ2) is 4.27. The van der Waals surface area contributed by atoms with E-state index in [1.807, 2.05) is 6.92 Å². The molecule has 1 atom stereocenters. The number of benzene rings is 1. The second-order valence-corrected chi connectivity index (χ2v) is 3.94. The van der Waals surface area contributed by atoms with Gasteiger partial charge in [0.05, 0.1) is 0 Å². The summed E-state index contributed by atoms with van der Waals surface area (Å²) < 4.78 is 0. The third kappa shape index (κ3) is 2.59. The molecule has 0 saturated heterocycles. The zero-order valence-corrected chi connectivity index (χ0v) is 9.00. The van der Waals surface area contributed by atoms with Gasteiger partial charge in [0, 0.05) is 5.92 Å². The number of amides is 1. The van der Waals surface area contributed by atoms with Gasteiger partial charge in [-0.25, -0.2) is 0 Å². The maximum atomic E-state index is 10.9. The van der Waals surface area contributed by atoms with Gasteiger partial charge < -0.3 is 5.73 Å². The van der Waals surface area contributed by atoms with Gasteiger partial charge in [-0.3, -0.25) is 4.79 Å². The number of carbonyl (C=O) groups excluding carboxylic acids is 1. The van der Waals surface area contributed by atoms with Crippen LogP contribution in [0.25, 0.3) is 0 Å². The van der Waals surface area contributed by atoms with Gasteiger partial charge in [0.25, 0.3) is 0 Å². The van der Waals surface area contributed by atoms with Crippen molar-refractivity contribution in [3.8, 4) is 0 Å². The molecule has 2 nitrogen and oxygen atoms in total. The van der Waals surface area contributed by atoms with Crippen molar-refractivity contribution in [2.45, 2.75) is 27.2 Å². The molecule has 14 heavy (non-hydrogen) atoms. The van der Waals surface area contributed by atoms with Crippen LogP contribution in [0.2, 0.25) is 0 Å². The molecule has 0 aliphatic carbocycles. The Kier molecular flexibility index (Phi) is 3.28. The van der Waals surface area contributed by atoms with Crippen LogP contribution < -0.4 is 5.73 Å². The monoisotopic (exact) mass is 191 g/mol. The molecular formula is C12H17NO. The average Bonchev–Trinajstić information content (AvgIpc) is 2.09. The fourth-order valence-electron chi connectivity index (χ4n) is 1.51. The summed E-state index contributed by atoms with van der Waals surface area (Å²) in [6.45, 7) is 5.99. The molecule has 0 bridgehead atoms. The van der Waals surface area contributed by atoms with Gasteiger partial charge in [-0.15, -0.1) is 0 Å². The largest absolute Gasteiger partial charge is 0.369 e. The van der Waals surface area contributed by atoms with Crippen LogP contribution in [0.1, 0.15) is 23.6 Å². The fourth-order valence-corrected chi connectivity index (χ4v) is 1.51. The van der Waals surface area contributed by atoms with Gasteiger partial charge in [-0.1, -0.05) is 30.7 Å². The molecule has 0 aliphatic heterocycles. The molecule has 1 unspecified atom stereocenters. The lowest BCUT2D eigenvalue weighted by Gasteiger charge is -2.10. The van der Waals surface area contributed by atoms with Crippen molar-refractivity contribution in [2.24, 2.45) is 11.7 Å². The molecule has 0 radical (unpaired) electrons. The summed E-state index contributed by atoms with van der Waals surface area (Å²) in [6, 6.07) is 6.27. The van der Waals surface area contributed by atoms with Crippen LogP contribution >= 0.6 is 0 Å². The minimum absolute atomic E-state index is 0.0867. The minimum Gasteiger partial charge on any atom is -0.369 e. The van der Waals surface area contributed by atoms with Crippen molar-refractivity contribution in [3.05, 3.63) is 34.9 Å². The Hall–Kier alpha value is -1.31. The fraction of sp³-hybridized carbons (Fsp3) is 0.417. The van der Waals surface area contributed by atoms with Crippen LogP contribution in [-0.4, -0.2) is 5.91 Å². The molecule has 0 aliphatic rings. The van der Waals surface area contributed by atoms with E-state index in [9.17, 15) is 4.79 Å². The van der Waals surface area contributed by atoms with Crippen molar-refractivity contribution >= 4 is 5.91 Å². The van der Waals surface area contributed by atoms with E-state index in [1.54, 1.807) is 0 Å². The Morgan fingerprint density at radius 1 is 1.43 bits per heavy atom. The maximum Gasteiger partial charge on any atom is 0.220 e. The summed E-state index contributed by atoms with van der Waals surface area (Å²) in [5.41, 5.74) is 8.92. The smallest absolute Gasteiger partial charge is 0.220 e. The molecule has 0 spiro atoms. The lowest BCUT2D eigenvalue weighted by atomic mass is 9.96. The molecule has 1 aromatic carbocycles. The van der Waals surface area contributed by atoms with Gasteiger partial charge in [-0.2, -0.15) is 0 Å². The van der Waals surface area contributed by atoms with Crippen LogP contribution in [0.3, 0.4) is 0 Å². The molecule has 1 aromatic rings. The summed E-state index contributed by atoms with van der Waals surface area (Å²) in [6.07, 6.45) is 0.738. The topological polar surface area (TPSA) is 43.1 Å². The standard InChI is InChI=1S/C12H17NO/c1-8-4-5-11(9(2)6-8)7-10(3)12(13)14/h4-6,10H,7H2,1-3H3,(H2,13,14). The molecule has 0 saturated carbocycles. The van der Waals surface area contributed by atoms with Gasteiger partial charge in [0.2, 0.25) is 5.91 Å². The summed E-state index contributed by atoms with van der Waals surface area (Å²) >= 11 is 0. The lowest BCUT2D eigenvalue weighted by Crippen LogP contribution is -2.22. The normalized spacial score (nSPS) is 12.5. The molecule has 0 heterocycles. The van der Waals surface area contributed by atoms with Gasteiger partial charge in [0.1, 0.15) is 0 Å². The molecule has 1 amide bonds. The van der Waals surface area contributed by atoms with Crippen molar-refractivity contribution in [1.82, 2.24) is 0 Å². The first-order chi connectivity index (χ1) is 6.50. The first kappa shape index (κ1) is 10.8. The first-order valence-corrected chi connectivity index (χ1v) is 4.86. The molecule has 1 rings (SSSR count). The van der Waals surface area contributed by atoms with Crippen LogP contribution in [0.5, 0.6) is 0 Å². The molecule has 76 valence electrons. The molecule has 0 aromatic heterocycles. The van der Waals surface area contributed by atoms with E-state index >= 15 is 0 Å². The molecular weight excluding hydrogens is 174 g/mol. The third-order valence-corrected chi connectivity index (χ3v) is 2.51. The van der Waals surface area contributed by atoms with Crippen LogP contribution in [0, 0.1) is 19.8 Å². The van der Waals surface area contributed by atoms with Crippen LogP contribution in [0.4, 0.5) is 0 Å². The predicted molar refractivity (Wildman–Crippen MR) is 58.0 cm³/mol. The lowest BCUT2D eigenvalue weighted by molar-refractivity contribution is -0.121. The second-order valence-electron chi connectivity index (χ2n) is 3.94. The van der Waals surface area contributed by atoms with Crippen molar-refractivity contribution < 1.29 is 4.79 Å². The van der Waals surface area contributed by atoms with Gasteiger partial charge in [0.15, 0.2) is 0 Å². The van der Waals surface area contributed by atoms with E-state index in [4.69, 9.17) is 5.73 Å². The average molecular weight is 191 g/mol. The Morgan fingerprint density at radius 3 is 2.57 bits per heavy atom. The predicted octanol–water partition coefficient (Wildman–Crippen LogP) is 1.97. The summed E-state index contributed by atoms with van der Waals surface area (Å²) in [7, 11) is 0. The molecule has 2 N–H and O–H groups in total. The Balaban J connectivity index is 2.82. The van der Waals surface area contributed by atoms with E-state index in [1.165, 1.54) is 16.7 Å². The zero-order chi connectivity index (χ0) is 10.7. The maximum absolute atomic E-state index is 10.9. The summed E-state index contributed by atoms with van der Waals surface area (Å²) in [5.74, 6) is -0.318.